The quantitative estimate of drug-likeness (QED) is 0.817. The molecular weight excluding hydrogens is 290 g/mol. The topological polar surface area (TPSA) is 62.7 Å². The van der Waals surface area contributed by atoms with Gasteiger partial charge < -0.3 is 9.64 Å². The van der Waals surface area contributed by atoms with Gasteiger partial charge in [0.2, 0.25) is 15.9 Å². The minimum absolute atomic E-state index is 0.409. The van der Waals surface area contributed by atoms with E-state index in [1.165, 1.54) is 10.6 Å². The second-order valence-corrected chi connectivity index (χ2v) is 7.60. The first-order chi connectivity index (χ1) is 9.90. The molecule has 2 rings (SSSR count). The van der Waals surface area contributed by atoms with E-state index in [1.807, 2.05) is 18.2 Å². The van der Waals surface area contributed by atoms with Crippen molar-refractivity contribution in [3.8, 4) is 5.88 Å². The van der Waals surface area contributed by atoms with E-state index in [0.29, 0.717) is 18.3 Å². The Hall–Kier alpha value is -1.34. The van der Waals surface area contributed by atoms with Crippen molar-refractivity contribution < 1.29 is 13.2 Å². The number of nitrogens with zero attached hydrogens (tertiary/aromatic N) is 3. The minimum atomic E-state index is -3.09. The zero-order chi connectivity index (χ0) is 15.5. The van der Waals surface area contributed by atoms with Gasteiger partial charge >= 0.3 is 0 Å². The van der Waals surface area contributed by atoms with Crippen LogP contribution in [0.5, 0.6) is 5.88 Å². The maximum Gasteiger partial charge on any atom is 0.214 e. The summed E-state index contributed by atoms with van der Waals surface area (Å²) in [4.78, 5) is 6.66. The molecule has 7 heteroatoms. The number of hydrogen-bond donors (Lipinski definition) is 0. The van der Waals surface area contributed by atoms with Gasteiger partial charge in [-0.1, -0.05) is 6.07 Å². The summed E-state index contributed by atoms with van der Waals surface area (Å²) in [6.45, 7) is 2.38. The molecule has 0 atom stereocenters. The number of rotatable bonds is 5. The molecule has 1 fully saturated rings. The summed E-state index contributed by atoms with van der Waals surface area (Å²) in [5.41, 5.74) is 0. The fourth-order valence-corrected chi connectivity index (χ4v) is 3.02. The second-order valence-electron chi connectivity index (χ2n) is 5.51. The van der Waals surface area contributed by atoms with E-state index >= 15 is 0 Å². The van der Waals surface area contributed by atoms with Gasteiger partial charge in [0.05, 0.1) is 13.4 Å². The van der Waals surface area contributed by atoms with E-state index in [4.69, 9.17) is 4.74 Å². The van der Waals surface area contributed by atoms with Crippen LogP contribution in [-0.2, 0) is 10.0 Å². The lowest BCUT2D eigenvalue weighted by Gasteiger charge is -2.34. The van der Waals surface area contributed by atoms with Gasteiger partial charge in [0.1, 0.15) is 5.82 Å². The molecule has 1 aliphatic rings. The van der Waals surface area contributed by atoms with Crippen molar-refractivity contribution in [1.29, 1.82) is 0 Å². The van der Waals surface area contributed by atoms with E-state index in [9.17, 15) is 8.42 Å². The van der Waals surface area contributed by atoms with Crippen LogP contribution in [0.25, 0.3) is 0 Å². The van der Waals surface area contributed by atoms with Crippen LogP contribution in [0.1, 0.15) is 12.8 Å². The first kappa shape index (κ1) is 16.0. The normalized spacial score (nSPS) is 17.2. The predicted octanol–water partition coefficient (Wildman–Crippen LogP) is 1.20. The van der Waals surface area contributed by atoms with Crippen molar-refractivity contribution in [2.24, 2.45) is 5.92 Å². The Balaban J connectivity index is 1.91. The largest absolute Gasteiger partial charge is 0.481 e. The first-order valence-corrected chi connectivity index (χ1v) is 8.92. The molecule has 118 valence electrons. The molecule has 0 unspecified atom stereocenters. The van der Waals surface area contributed by atoms with Crippen molar-refractivity contribution >= 4 is 15.8 Å². The molecule has 1 aromatic rings. The van der Waals surface area contributed by atoms with Crippen molar-refractivity contribution in [3.63, 3.8) is 0 Å². The van der Waals surface area contributed by atoms with Gasteiger partial charge in [-0.3, -0.25) is 0 Å². The highest BCUT2D eigenvalue weighted by molar-refractivity contribution is 7.88. The molecule has 0 amide bonds. The van der Waals surface area contributed by atoms with Gasteiger partial charge in [-0.05, 0) is 24.8 Å². The van der Waals surface area contributed by atoms with Crippen LogP contribution >= 0.6 is 0 Å². The first-order valence-electron chi connectivity index (χ1n) is 7.07. The summed E-state index contributed by atoms with van der Waals surface area (Å²) in [7, 11) is 0.169. The molecule has 0 aliphatic carbocycles. The van der Waals surface area contributed by atoms with Crippen LogP contribution < -0.4 is 9.64 Å². The average Bonchev–Trinajstić information content (AvgIpc) is 2.47. The van der Waals surface area contributed by atoms with Crippen molar-refractivity contribution in [3.05, 3.63) is 18.2 Å². The number of ether oxygens (including phenoxy) is 1. The monoisotopic (exact) mass is 313 g/mol. The zero-order valence-electron chi connectivity index (χ0n) is 12.8. The van der Waals surface area contributed by atoms with Crippen LogP contribution in [-0.4, -0.2) is 57.8 Å². The maximum absolute atomic E-state index is 11.5. The highest BCUT2D eigenvalue weighted by atomic mass is 32.2. The van der Waals surface area contributed by atoms with Crippen LogP contribution in [0, 0.1) is 5.92 Å². The van der Waals surface area contributed by atoms with Crippen LogP contribution in [0.4, 0.5) is 5.82 Å². The van der Waals surface area contributed by atoms with E-state index in [0.717, 1.165) is 31.7 Å². The minimum Gasteiger partial charge on any atom is -0.481 e. The lowest BCUT2D eigenvalue weighted by atomic mass is 9.97. The van der Waals surface area contributed by atoms with Gasteiger partial charge in [-0.15, -0.1) is 0 Å². The average molecular weight is 313 g/mol. The Morgan fingerprint density at radius 2 is 2.05 bits per heavy atom. The van der Waals surface area contributed by atoms with Crippen molar-refractivity contribution in [2.45, 2.75) is 12.8 Å². The van der Waals surface area contributed by atoms with Crippen molar-refractivity contribution in [2.75, 3.05) is 44.9 Å². The Bertz CT molecular complexity index is 569. The Morgan fingerprint density at radius 3 is 2.62 bits per heavy atom. The molecule has 1 saturated heterocycles. The molecule has 0 aromatic carbocycles. The summed E-state index contributed by atoms with van der Waals surface area (Å²) >= 11 is 0. The molecule has 0 bridgehead atoms. The van der Waals surface area contributed by atoms with Crippen LogP contribution in [0.2, 0.25) is 0 Å². The fraction of sp³-hybridized carbons (Fsp3) is 0.643. The number of pyridine rings is 1. The molecule has 0 spiro atoms. The number of piperidine rings is 1. The van der Waals surface area contributed by atoms with Gasteiger partial charge in [0.15, 0.2) is 0 Å². The number of anilines is 1. The van der Waals surface area contributed by atoms with Gasteiger partial charge in [-0.25, -0.2) is 12.7 Å². The zero-order valence-corrected chi connectivity index (χ0v) is 13.6. The Kier molecular flexibility index (Phi) is 5.05. The molecule has 2 heterocycles. The van der Waals surface area contributed by atoms with Crippen molar-refractivity contribution in [1.82, 2.24) is 9.29 Å². The fourth-order valence-electron chi connectivity index (χ4n) is 2.54. The number of aromatic nitrogens is 1. The summed E-state index contributed by atoms with van der Waals surface area (Å²) in [5, 5.41) is 0. The molecule has 0 radical (unpaired) electrons. The summed E-state index contributed by atoms with van der Waals surface area (Å²) in [6.07, 6.45) is 3.19. The van der Waals surface area contributed by atoms with Gasteiger partial charge in [0, 0.05) is 32.7 Å². The SMILES string of the molecule is COc1cccc(N2CCC(CN(C)S(C)(=O)=O)CC2)n1. The lowest BCUT2D eigenvalue weighted by molar-refractivity contribution is 0.328. The molecule has 0 saturated carbocycles. The molecule has 1 aromatic heterocycles. The number of hydrogen-bond acceptors (Lipinski definition) is 5. The molecule has 6 nitrogen and oxygen atoms in total. The third-order valence-electron chi connectivity index (χ3n) is 3.94. The molecule has 21 heavy (non-hydrogen) atoms. The van der Waals surface area contributed by atoms with Crippen LogP contribution in [0.3, 0.4) is 0 Å². The third-order valence-corrected chi connectivity index (χ3v) is 5.22. The summed E-state index contributed by atoms with van der Waals surface area (Å²) in [6, 6.07) is 5.74. The predicted molar refractivity (Wildman–Crippen MR) is 83.2 cm³/mol. The van der Waals surface area contributed by atoms with E-state index < -0.39 is 10.0 Å². The molecule has 0 N–H and O–H groups in total. The molecular formula is C14H23N3O3S. The van der Waals surface area contributed by atoms with Gasteiger partial charge in [-0.2, -0.15) is 4.98 Å². The Morgan fingerprint density at radius 1 is 1.38 bits per heavy atom. The smallest absolute Gasteiger partial charge is 0.214 e. The standard InChI is InChI=1S/C14H23N3O3S/c1-16(21(3,18)19)11-12-7-9-17(10-8-12)13-5-4-6-14(15-13)20-2/h4-6,12H,7-11H2,1-3H3. The highest BCUT2D eigenvalue weighted by Crippen LogP contribution is 2.24. The molecule has 1 aliphatic heterocycles. The summed E-state index contributed by atoms with van der Waals surface area (Å²) in [5.74, 6) is 1.95. The number of methoxy groups -OCH3 is 1. The highest BCUT2D eigenvalue weighted by Gasteiger charge is 2.23. The summed E-state index contributed by atoms with van der Waals surface area (Å²) < 4.78 is 29.5. The Labute approximate surface area is 126 Å². The van der Waals surface area contributed by atoms with Crippen LogP contribution in [0.15, 0.2) is 18.2 Å². The maximum atomic E-state index is 11.5. The van der Waals surface area contributed by atoms with E-state index in [1.54, 1.807) is 14.2 Å². The third kappa shape index (κ3) is 4.31. The second kappa shape index (κ2) is 6.62. The van der Waals surface area contributed by atoms with E-state index in [2.05, 4.69) is 9.88 Å². The number of sulfonamides is 1. The van der Waals surface area contributed by atoms with Gasteiger partial charge in [0.25, 0.3) is 0 Å². The lowest BCUT2D eigenvalue weighted by Crippen LogP contribution is -2.39. The van der Waals surface area contributed by atoms with E-state index in [-0.39, 0.29) is 0 Å².